The van der Waals surface area contributed by atoms with E-state index in [1.54, 1.807) is 27.4 Å². The Morgan fingerprint density at radius 2 is 1.64 bits per heavy atom. The van der Waals surface area contributed by atoms with Crippen LogP contribution >= 0.6 is 0 Å². The lowest BCUT2D eigenvalue weighted by molar-refractivity contribution is -0.686. The number of halogens is 1. The zero-order chi connectivity index (χ0) is 17.6. The molecule has 0 amide bonds. The number of pyridine rings is 1. The molecule has 8 heteroatoms. The summed E-state index contributed by atoms with van der Waals surface area (Å²) in [4.78, 5) is 0. The molecule has 0 saturated carbocycles. The first-order valence-electron chi connectivity index (χ1n) is 8.14. The number of phenols is 1. The highest BCUT2D eigenvalue weighted by Crippen LogP contribution is 2.39. The average molecular weight is 410 g/mol. The number of hydrogen-bond acceptors (Lipinski definition) is 4. The molecule has 5 N–H and O–H groups in total. The summed E-state index contributed by atoms with van der Waals surface area (Å²) in [6.45, 7) is 0.838. The van der Waals surface area contributed by atoms with Crippen LogP contribution in [0.3, 0.4) is 0 Å². The van der Waals surface area contributed by atoms with Crippen LogP contribution < -0.4 is 31.2 Å². The molecule has 0 aliphatic carbocycles. The maximum Gasteiger partial charge on any atom is 0.213 e. The van der Waals surface area contributed by atoms with Gasteiger partial charge < -0.3 is 42.7 Å². The van der Waals surface area contributed by atoms with Gasteiger partial charge in [0.05, 0.1) is 32.3 Å². The lowest BCUT2D eigenvalue weighted by atomic mass is 9.95. The molecular formula is C20H24ClNO6. The summed E-state index contributed by atoms with van der Waals surface area (Å²) < 4.78 is 18.5. The van der Waals surface area contributed by atoms with Gasteiger partial charge in [0.25, 0.3) is 0 Å². The van der Waals surface area contributed by atoms with Crippen LogP contribution in [0.4, 0.5) is 0 Å². The summed E-state index contributed by atoms with van der Waals surface area (Å²) in [6, 6.07) is 9.80. The molecule has 3 aromatic rings. The second-order valence-electron chi connectivity index (χ2n) is 6.09. The lowest BCUT2D eigenvalue weighted by Gasteiger charge is -2.18. The van der Waals surface area contributed by atoms with E-state index in [-0.39, 0.29) is 29.1 Å². The van der Waals surface area contributed by atoms with Crippen molar-refractivity contribution < 1.29 is 47.2 Å². The second kappa shape index (κ2) is 8.97. The maximum atomic E-state index is 10.1. The zero-order valence-electron chi connectivity index (χ0n) is 15.9. The van der Waals surface area contributed by atoms with Crippen LogP contribution in [0.15, 0.2) is 36.5 Å². The Bertz CT molecular complexity index is 992. The molecule has 0 spiro atoms. The normalized spacial score (nSPS) is 11.1. The van der Waals surface area contributed by atoms with Crippen LogP contribution in [0, 0.1) is 0 Å². The van der Waals surface area contributed by atoms with Gasteiger partial charge in [0, 0.05) is 12.5 Å². The number of methoxy groups -OCH3 is 3. The topological polar surface area (TPSA) is 115 Å². The van der Waals surface area contributed by atoms with Crippen molar-refractivity contribution >= 4 is 10.8 Å². The van der Waals surface area contributed by atoms with Gasteiger partial charge in [0.1, 0.15) is 0 Å². The fraction of sp³-hybridized carbons (Fsp3) is 0.250. The van der Waals surface area contributed by atoms with Gasteiger partial charge in [-0.1, -0.05) is 0 Å². The van der Waals surface area contributed by atoms with E-state index in [0.717, 1.165) is 52.1 Å². The van der Waals surface area contributed by atoms with Crippen molar-refractivity contribution in [1.29, 1.82) is 0 Å². The van der Waals surface area contributed by atoms with Crippen molar-refractivity contribution in [1.82, 2.24) is 0 Å². The first kappa shape index (κ1) is 23.3. The Morgan fingerprint density at radius 3 is 2.29 bits per heavy atom. The summed E-state index contributed by atoms with van der Waals surface area (Å²) >= 11 is 0. The van der Waals surface area contributed by atoms with E-state index >= 15 is 0 Å². The van der Waals surface area contributed by atoms with Crippen LogP contribution in [0.25, 0.3) is 22.0 Å². The van der Waals surface area contributed by atoms with Gasteiger partial charge >= 0.3 is 0 Å². The van der Waals surface area contributed by atoms with Crippen molar-refractivity contribution in [2.75, 3.05) is 21.3 Å². The molecular weight excluding hydrogens is 386 g/mol. The maximum absolute atomic E-state index is 10.1. The lowest BCUT2D eigenvalue weighted by Crippen LogP contribution is -3.00. The minimum atomic E-state index is 0. The third-order valence-corrected chi connectivity index (χ3v) is 4.81. The van der Waals surface area contributed by atoms with Crippen LogP contribution in [-0.4, -0.2) is 37.4 Å². The molecule has 7 nitrogen and oxygen atoms in total. The number of phenolic OH excluding ortho intramolecular Hbond substituents is 1. The molecule has 0 fully saturated rings. The fourth-order valence-electron chi connectivity index (χ4n) is 3.56. The number of aromatic nitrogens is 1. The molecule has 4 rings (SSSR count). The summed E-state index contributed by atoms with van der Waals surface area (Å²) in [5.74, 6) is 2.13. The third kappa shape index (κ3) is 3.52. The van der Waals surface area contributed by atoms with Gasteiger partial charge in [-0.15, -0.1) is 0 Å². The molecule has 28 heavy (non-hydrogen) atoms. The van der Waals surface area contributed by atoms with Crippen LogP contribution in [0.1, 0.15) is 5.56 Å². The summed E-state index contributed by atoms with van der Waals surface area (Å²) in [7, 11) is 4.87. The zero-order valence-corrected chi connectivity index (χ0v) is 16.6. The summed E-state index contributed by atoms with van der Waals surface area (Å²) in [5, 5.41) is 12.1. The van der Waals surface area contributed by atoms with E-state index in [1.807, 2.05) is 18.2 Å². The largest absolute Gasteiger partial charge is 1.00 e. The van der Waals surface area contributed by atoms with E-state index in [9.17, 15) is 5.11 Å². The molecule has 0 unspecified atom stereocenters. The minimum absolute atomic E-state index is 0. The second-order valence-corrected chi connectivity index (χ2v) is 6.09. The van der Waals surface area contributed by atoms with Crippen molar-refractivity contribution in [3.05, 3.63) is 42.1 Å². The fourth-order valence-corrected chi connectivity index (χ4v) is 3.56. The van der Waals surface area contributed by atoms with Gasteiger partial charge in [-0.2, -0.15) is 4.57 Å². The first-order chi connectivity index (χ1) is 12.2. The van der Waals surface area contributed by atoms with E-state index in [4.69, 9.17) is 14.2 Å². The van der Waals surface area contributed by atoms with Gasteiger partial charge in [0.2, 0.25) is 5.69 Å². The van der Waals surface area contributed by atoms with Crippen molar-refractivity contribution in [3.8, 4) is 34.3 Å². The molecule has 0 saturated heterocycles. The molecule has 0 radical (unpaired) electrons. The van der Waals surface area contributed by atoms with E-state index in [2.05, 4.69) is 16.8 Å². The Balaban J connectivity index is 0.00000131. The molecule has 2 aromatic carbocycles. The Hall–Kier alpha value is -2.74. The number of ether oxygens (including phenoxy) is 3. The van der Waals surface area contributed by atoms with Crippen molar-refractivity contribution in [2.45, 2.75) is 13.0 Å². The smallest absolute Gasteiger partial charge is 0.213 e. The quantitative estimate of drug-likeness (QED) is 0.526. The summed E-state index contributed by atoms with van der Waals surface area (Å²) in [6.07, 6.45) is 2.95. The third-order valence-electron chi connectivity index (χ3n) is 4.81. The minimum Gasteiger partial charge on any atom is -1.00 e. The molecule has 1 aliphatic heterocycles. The van der Waals surface area contributed by atoms with Gasteiger partial charge in [-0.3, -0.25) is 0 Å². The highest BCUT2D eigenvalue weighted by Gasteiger charge is 2.26. The highest BCUT2D eigenvalue weighted by atomic mass is 35.5. The standard InChI is InChI=1S/C20H19NO4.ClH.2H2O/c1-23-18-5-4-12-8-16-14-10-19(24-2)17(22)9-13(14)6-7-21(16)11-15(12)20(18)25-3;;;/h4-5,8-11H,6-7H2,1-3H3;1H;2*1H2. The molecule has 0 bridgehead atoms. The van der Waals surface area contributed by atoms with E-state index < -0.39 is 0 Å². The van der Waals surface area contributed by atoms with E-state index in [0.29, 0.717) is 5.75 Å². The molecule has 1 aliphatic rings. The number of nitrogens with zero attached hydrogens (tertiary/aromatic N) is 1. The number of aryl methyl sites for hydroxylation is 2. The van der Waals surface area contributed by atoms with Crippen LogP contribution in [0.2, 0.25) is 0 Å². The predicted molar refractivity (Wildman–Crippen MR) is 102 cm³/mol. The van der Waals surface area contributed by atoms with Crippen molar-refractivity contribution in [3.63, 3.8) is 0 Å². The van der Waals surface area contributed by atoms with E-state index in [1.165, 1.54) is 0 Å². The number of fused-ring (bicyclic) bond motifs is 4. The van der Waals surface area contributed by atoms with Crippen LogP contribution in [-0.2, 0) is 13.0 Å². The van der Waals surface area contributed by atoms with Crippen molar-refractivity contribution in [2.24, 2.45) is 0 Å². The number of hydrogen-bond donors (Lipinski definition) is 1. The first-order valence-corrected chi connectivity index (χ1v) is 8.14. The monoisotopic (exact) mass is 409 g/mol. The molecule has 152 valence electrons. The number of benzene rings is 2. The van der Waals surface area contributed by atoms with Gasteiger partial charge in [-0.05, 0) is 35.2 Å². The predicted octanol–water partition coefficient (Wildman–Crippen LogP) is -1.56. The summed E-state index contributed by atoms with van der Waals surface area (Å²) in [5.41, 5.74) is 3.30. The van der Waals surface area contributed by atoms with Gasteiger partial charge in [-0.25, -0.2) is 0 Å². The molecule has 0 atom stereocenters. The Kier molecular flexibility index (Phi) is 7.46. The average Bonchev–Trinajstić information content (AvgIpc) is 2.64. The molecule has 2 heterocycles. The highest BCUT2D eigenvalue weighted by molar-refractivity contribution is 5.91. The SMILES string of the molecule is COc1cc2c(cc1O)CC[n+]1cc3c(OC)c(OC)ccc3cc1-2.O.O.[Cl-]. The number of rotatable bonds is 3. The molecule has 1 aromatic heterocycles. The number of aromatic hydroxyl groups is 1. The van der Waals surface area contributed by atoms with Gasteiger partial charge in [0.15, 0.2) is 35.7 Å². The van der Waals surface area contributed by atoms with Crippen LogP contribution in [0.5, 0.6) is 23.0 Å². The Morgan fingerprint density at radius 1 is 0.929 bits per heavy atom. The Labute approximate surface area is 169 Å².